The molecule has 0 aliphatic heterocycles. The predicted molar refractivity (Wildman–Crippen MR) is 126 cm³/mol. The van der Waals surface area contributed by atoms with Gasteiger partial charge in [-0.3, -0.25) is 9.89 Å². The number of likely N-dealkylation sites (N-methyl/N-ethyl adjacent to an activating group) is 2. The van der Waals surface area contributed by atoms with Gasteiger partial charge in [-0.25, -0.2) is 0 Å². The van der Waals surface area contributed by atoms with Gasteiger partial charge in [0.15, 0.2) is 0 Å². The molecular weight excluding hydrogens is 390 g/mol. The van der Waals surface area contributed by atoms with Crippen LogP contribution in [-0.4, -0.2) is 79.4 Å². The second-order valence-electron chi connectivity index (χ2n) is 9.51. The second kappa shape index (κ2) is 13.9. The van der Waals surface area contributed by atoms with Crippen LogP contribution >= 0.6 is 0 Å². The summed E-state index contributed by atoms with van der Waals surface area (Å²) in [6.07, 6.45) is 8.87. The first kappa shape index (κ1) is 25.8. The number of aromatic amines is 1. The lowest BCUT2D eigenvalue weighted by molar-refractivity contribution is -0.134. The molecule has 31 heavy (non-hydrogen) atoms. The van der Waals surface area contributed by atoms with Crippen molar-refractivity contribution in [3.8, 4) is 0 Å². The van der Waals surface area contributed by atoms with E-state index in [4.69, 9.17) is 4.74 Å². The molecule has 1 saturated carbocycles. The Hall–Kier alpha value is -1.44. The van der Waals surface area contributed by atoms with Crippen molar-refractivity contribution in [3.63, 3.8) is 0 Å². The largest absolute Gasteiger partial charge is 0.385 e. The quantitative estimate of drug-likeness (QED) is 0.438. The molecule has 0 radical (unpaired) electrons. The predicted octanol–water partition coefficient (Wildman–Crippen LogP) is 3.39. The molecule has 1 heterocycles. The minimum absolute atomic E-state index is 0.299. The standard InChI is InChI=1S/C24H45N5O2/c1-19(2)12-14-29(23(30)7-6-16-31-5)22-10-8-20(9-11-22)24-21(17-26-27-24)18-28(4)15-13-25-3/h17,19-20,22,25H,6-16,18H2,1-5H3,(H,26,27)/t20-,22-. The van der Waals surface area contributed by atoms with Crippen LogP contribution in [0, 0.1) is 5.92 Å². The number of hydrogen-bond acceptors (Lipinski definition) is 5. The summed E-state index contributed by atoms with van der Waals surface area (Å²) in [6.45, 7) is 8.92. The Labute approximate surface area is 189 Å². The van der Waals surface area contributed by atoms with Gasteiger partial charge in [0.2, 0.25) is 5.91 Å². The van der Waals surface area contributed by atoms with Crippen LogP contribution in [0.1, 0.15) is 76.0 Å². The fraction of sp³-hybridized carbons (Fsp3) is 0.833. The van der Waals surface area contributed by atoms with E-state index in [0.717, 1.165) is 64.7 Å². The van der Waals surface area contributed by atoms with Gasteiger partial charge in [-0.1, -0.05) is 13.8 Å². The number of ether oxygens (including phenoxy) is 1. The Morgan fingerprint density at radius 3 is 2.68 bits per heavy atom. The van der Waals surface area contributed by atoms with E-state index in [1.807, 2.05) is 7.05 Å². The summed E-state index contributed by atoms with van der Waals surface area (Å²) in [6, 6.07) is 0.366. The van der Waals surface area contributed by atoms with Crippen LogP contribution in [0.5, 0.6) is 0 Å². The highest BCUT2D eigenvalue weighted by atomic mass is 16.5. The summed E-state index contributed by atoms with van der Waals surface area (Å²) in [4.78, 5) is 17.5. The van der Waals surface area contributed by atoms with Crippen molar-refractivity contribution in [2.45, 2.75) is 77.3 Å². The van der Waals surface area contributed by atoms with E-state index < -0.39 is 0 Å². The first-order valence-electron chi connectivity index (χ1n) is 12.1. The van der Waals surface area contributed by atoms with Crippen molar-refractivity contribution in [1.82, 2.24) is 25.3 Å². The summed E-state index contributed by atoms with van der Waals surface area (Å²) in [5.41, 5.74) is 2.55. The van der Waals surface area contributed by atoms with Crippen molar-refractivity contribution in [2.24, 2.45) is 5.92 Å². The summed E-state index contributed by atoms with van der Waals surface area (Å²) < 4.78 is 5.14. The average molecular weight is 436 g/mol. The third kappa shape index (κ3) is 8.54. The van der Waals surface area contributed by atoms with E-state index >= 15 is 0 Å². The Kier molecular flexibility index (Phi) is 11.5. The lowest BCUT2D eigenvalue weighted by atomic mass is 9.82. The number of aromatic nitrogens is 2. The number of nitrogens with one attached hydrogen (secondary N) is 2. The number of rotatable bonds is 14. The highest BCUT2D eigenvalue weighted by Gasteiger charge is 2.31. The fourth-order valence-corrected chi connectivity index (χ4v) is 4.56. The highest BCUT2D eigenvalue weighted by Crippen LogP contribution is 2.36. The summed E-state index contributed by atoms with van der Waals surface area (Å²) >= 11 is 0. The number of nitrogens with zero attached hydrogens (tertiary/aromatic N) is 3. The van der Waals surface area contributed by atoms with Crippen LogP contribution in [0.25, 0.3) is 0 Å². The monoisotopic (exact) mass is 435 g/mol. The number of carbonyl (C=O) groups is 1. The maximum absolute atomic E-state index is 12.9. The molecule has 7 heteroatoms. The molecule has 1 aliphatic rings. The van der Waals surface area contributed by atoms with E-state index in [0.29, 0.717) is 36.8 Å². The van der Waals surface area contributed by atoms with E-state index in [2.05, 4.69) is 52.4 Å². The molecule has 7 nitrogen and oxygen atoms in total. The van der Waals surface area contributed by atoms with Crippen LogP contribution in [0.2, 0.25) is 0 Å². The first-order valence-corrected chi connectivity index (χ1v) is 12.1. The molecule has 0 unspecified atom stereocenters. The first-order chi connectivity index (χ1) is 15.0. The number of H-pyrrole nitrogens is 1. The van der Waals surface area contributed by atoms with Crippen LogP contribution in [-0.2, 0) is 16.1 Å². The minimum atomic E-state index is 0.299. The third-order valence-corrected chi connectivity index (χ3v) is 6.47. The smallest absolute Gasteiger partial charge is 0.222 e. The van der Waals surface area contributed by atoms with Crippen molar-refractivity contribution in [2.75, 3.05) is 47.4 Å². The zero-order valence-corrected chi connectivity index (χ0v) is 20.5. The van der Waals surface area contributed by atoms with Gasteiger partial charge in [0, 0.05) is 70.0 Å². The molecule has 2 rings (SSSR count). The van der Waals surface area contributed by atoms with Crippen LogP contribution in [0.4, 0.5) is 0 Å². The maximum Gasteiger partial charge on any atom is 0.222 e. The fourth-order valence-electron chi connectivity index (χ4n) is 4.56. The summed E-state index contributed by atoms with van der Waals surface area (Å²) in [5, 5.41) is 10.9. The lowest BCUT2D eigenvalue weighted by Crippen LogP contribution is -2.43. The average Bonchev–Trinajstić information content (AvgIpc) is 3.20. The van der Waals surface area contributed by atoms with E-state index in [9.17, 15) is 4.79 Å². The topological polar surface area (TPSA) is 73.5 Å². The zero-order valence-electron chi connectivity index (χ0n) is 20.5. The van der Waals surface area contributed by atoms with E-state index in [1.165, 1.54) is 11.3 Å². The van der Waals surface area contributed by atoms with E-state index in [-0.39, 0.29) is 0 Å². The van der Waals surface area contributed by atoms with Gasteiger partial charge in [-0.15, -0.1) is 0 Å². The number of hydrogen-bond donors (Lipinski definition) is 2. The number of carbonyl (C=O) groups excluding carboxylic acids is 1. The Morgan fingerprint density at radius 1 is 1.29 bits per heavy atom. The van der Waals surface area contributed by atoms with Crippen molar-refractivity contribution in [3.05, 3.63) is 17.5 Å². The maximum atomic E-state index is 12.9. The molecule has 178 valence electrons. The SMILES string of the molecule is CNCCN(C)Cc1c[nH]nc1[C@H]1CC[C@H](N(CCC(C)C)C(=O)CCCOC)CC1. The zero-order chi connectivity index (χ0) is 22.6. The highest BCUT2D eigenvalue weighted by molar-refractivity contribution is 5.76. The molecule has 0 saturated heterocycles. The number of methoxy groups -OCH3 is 1. The second-order valence-corrected chi connectivity index (χ2v) is 9.51. The summed E-state index contributed by atoms with van der Waals surface area (Å²) in [7, 11) is 5.85. The van der Waals surface area contributed by atoms with Gasteiger partial charge < -0.3 is 19.9 Å². The summed E-state index contributed by atoms with van der Waals surface area (Å²) in [5.74, 6) is 1.40. The van der Waals surface area contributed by atoms with Gasteiger partial charge in [-0.2, -0.15) is 5.10 Å². The molecule has 1 aliphatic carbocycles. The van der Waals surface area contributed by atoms with Gasteiger partial charge in [0.05, 0.1) is 5.69 Å². The molecule has 1 aromatic rings. The van der Waals surface area contributed by atoms with Crippen LogP contribution in [0.15, 0.2) is 6.20 Å². The van der Waals surface area contributed by atoms with Crippen molar-refractivity contribution < 1.29 is 9.53 Å². The Morgan fingerprint density at radius 2 is 2.03 bits per heavy atom. The molecule has 1 fully saturated rings. The third-order valence-electron chi connectivity index (χ3n) is 6.47. The van der Waals surface area contributed by atoms with E-state index in [1.54, 1.807) is 7.11 Å². The molecular formula is C24H45N5O2. The Bertz CT molecular complexity index is 625. The normalized spacial score (nSPS) is 19.3. The Balaban J connectivity index is 1.94. The number of amides is 1. The van der Waals surface area contributed by atoms with Gasteiger partial charge in [0.25, 0.3) is 0 Å². The van der Waals surface area contributed by atoms with Crippen LogP contribution in [0.3, 0.4) is 0 Å². The molecule has 0 spiro atoms. The lowest BCUT2D eigenvalue weighted by Gasteiger charge is -2.37. The molecule has 1 amide bonds. The van der Waals surface area contributed by atoms with Gasteiger partial charge in [0.1, 0.15) is 0 Å². The minimum Gasteiger partial charge on any atom is -0.385 e. The van der Waals surface area contributed by atoms with Crippen LogP contribution < -0.4 is 5.32 Å². The van der Waals surface area contributed by atoms with Crippen molar-refractivity contribution >= 4 is 5.91 Å². The van der Waals surface area contributed by atoms with Gasteiger partial charge in [-0.05, 0) is 58.5 Å². The van der Waals surface area contributed by atoms with Gasteiger partial charge >= 0.3 is 0 Å². The molecule has 0 bridgehead atoms. The molecule has 2 N–H and O–H groups in total. The molecule has 0 aromatic carbocycles. The molecule has 0 atom stereocenters. The van der Waals surface area contributed by atoms with Crippen molar-refractivity contribution in [1.29, 1.82) is 0 Å². The molecule has 1 aromatic heterocycles.